The van der Waals surface area contributed by atoms with E-state index in [2.05, 4.69) is 31.1 Å². The van der Waals surface area contributed by atoms with Crippen LogP contribution in [0.1, 0.15) is 44.3 Å². The topological polar surface area (TPSA) is 68.0 Å². The molecule has 0 bridgehead atoms. The van der Waals surface area contributed by atoms with Crippen molar-refractivity contribution in [1.82, 2.24) is 10.3 Å². The monoisotopic (exact) mass is 353 g/mol. The third-order valence-corrected chi connectivity index (χ3v) is 4.61. The van der Waals surface area contributed by atoms with Crippen LogP contribution in [0.4, 0.5) is 0 Å². The number of nitrogens with two attached hydrogens (primary N) is 1. The fraction of sp³-hybridized carbons (Fsp3) is 0.714. The quantitative estimate of drug-likeness (QED) is 0.854. The third-order valence-electron chi connectivity index (χ3n) is 3.30. The Morgan fingerprint density at radius 3 is 2.57 bits per heavy atom. The Morgan fingerprint density at radius 2 is 2.10 bits per heavy atom. The van der Waals surface area contributed by atoms with Crippen molar-refractivity contribution < 1.29 is 4.79 Å². The van der Waals surface area contributed by atoms with Gasteiger partial charge in [0, 0.05) is 23.4 Å². The van der Waals surface area contributed by atoms with E-state index in [0.717, 1.165) is 10.7 Å². The summed E-state index contributed by atoms with van der Waals surface area (Å²) < 4.78 is 0. The first-order valence-electron chi connectivity index (χ1n) is 6.83. The van der Waals surface area contributed by atoms with Crippen molar-refractivity contribution in [2.24, 2.45) is 11.7 Å². The van der Waals surface area contributed by atoms with E-state index >= 15 is 0 Å². The summed E-state index contributed by atoms with van der Waals surface area (Å²) in [5, 5.41) is 5.95. The van der Waals surface area contributed by atoms with Gasteiger partial charge in [0.15, 0.2) is 0 Å². The molecule has 0 spiro atoms. The van der Waals surface area contributed by atoms with Crippen molar-refractivity contribution in [1.29, 1.82) is 0 Å². The molecule has 7 heteroatoms. The second kappa shape index (κ2) is 8.32. The lowest BCUT2D eigenvalue weighted by Crippen LogP contribution is -2.39. The lowest BCUT2D eigenvalue weighted by molar-refractivity contribution is -0.120. The zero-order valence-corrected chi connectivity index (χ0v) is 15.2. The Hall–Kier alpha value is -0.360. The molecule has 1 saturated carbocycles. The summed E-state index contributed by atoms with van der Waals surface area (Å²) in [6.07, 6.45) is 2.76. The molecule has 1 aromatic rings. The molecule has 3 N–H and O–H groups in total. The Balaban J connectivity index is 0.00000200. The van der Waals surface area contributed by atoms with Crippen molar-refractivity contribution in [3.63, 3.8) is 0 Å². The van der Waals surface area contributed by atoms with Gasteiger partial charge >= 0.3 is 0 Å². The molecule has 122 valence electrons. The molecular weight excluding hydrogens is 329 g/mol. The fourth-order valence-electron chi connectivity index (χ4n) is 1.88. The molecule has 1 fully saturated rings. The molecule has 4 nitrogen and oxygen atoms in total. The molecule has 21 heavy (non-hydrogen) atoms. The number of thiazole rings is 1. The Kier molecular flexibility index (Phi) is 8.18. The highest BCUT2D eigenvalue weighted by molar-refractivity contribution is 7.09. The molecule has 0 saturated heterocycles. The molecule has 1 heterocycles. The van der Waals surface area contributed by atoms with Crippen LogP contribution in [0.5, 0.6) is 0 Å². The number of hydrogen-bond acceptors (Lipinski definition) is 4. The summed E-state index contributed by atoms with van der Waals surface area (Å²) in [4.78, 5) is 16.3. The van der Waals surface area contributed by atoms with Crippen molar-refractivity contribution in [2.45, 2.75) is 51.5 Å². The van der Waals surface area contributed by atoms with E-state index in [9.17, 15) is 4.79 Å². The highest BCUT2D eigenvalue weighted by Gasteiger charge is 2.28. The number of nitrogens with zero attached hydrogens (tertiary/aromatic N) is 1. The largest absolute Gasteiger partial charge is 0.354 e. The molecule has 1 aliphatic rings. The predicted molar refractivity (Wildman–Crippen MR) is 92.7 cm³/mol. The van der Waals surface area contributed by atoms with Gasteiger partial charge in [-0.25, -0.2) is 4.98 Å². The SMILES string of the molecule is CC(C)(C)c1nc(CC(=O)NCC(N)C2CC2)cs1.Cl.Cl. The third kappa shape index (κ3) is 6.51. The van der Waals surface area contributed by atoms with Crippen LogP contribution in [0.25, 0.3) is 0 Å². The first kappa shape index (κ1) is 20.6. The number of rotatable bonds is 5. The van der Waals surface area contributed by atoms with Crippen LogP contribution in [-0.2, 0) is 16.6 Å². The van der Waals surface area contributed by atoms with Crippen LogP contribution in [0, 0.1) is 5.92 Å². The first-order chi connectivity index (χ1) is 8.86. The van der Waals surface area contributed by atoms with E-state index in [1.165, 1.54) is 12.8 Å². The smallest absolute Gasteiger partial charge is 0.226 e. The number of hydrogen-bond donors (Lipinski definition) is 2. The minimum absolute atomic E-state index is 0. The van der Waals surface area contributed by atoms with Crippen LogP contribution < -0.4 is 11.1 Å². The van der Waals surface area contributed by atoms with E-state index in [0.29, 0.717) is 18.9 Å². The molecular formula is C14H25Cl2N3OS. The summed E-state index contributed by atoms with van der Waals surface area (Å²) in [5.74, 6) is 0.633. The fourth-order valence-corrected chi connectivity index (χ4v) is 2.79. The number of amides is 1. The van der Waals surface area contributed by atoms with Crippen LogP contribution in [0.3, 0.4) is 0 Å². The van der Waals surface area contributed by atoms with Gasteiger partial charge in [-0.2, -0.15) is 0 Å². The van der Waals surface area contributed by atoms with Crippen LogP contribution in [-0.4, -0.2) is 23.5 Å². The van der Waals surface area contributed by atoms with Crippen LogP contribution >= 0.6 is 36.2 Å². The van der Waals surface area contributed by atoms with Gasteiger partial charge < -0.3 is 11.1 Å². The molecule has 1 unspecified atom stereocenters. The zero-order chi connectivity index (χ0) is 14.0. The van der Waals surface area contributed by atoms with Crippen molar-refractivity contribution in [2.75, 3.05) is 6.54 Å². The molecule has 0 aromatic carbocycles. The second-order valence-electron chi connectivity index (χ2n) is 6.38. The molecule has 0 aliphatic heterocycles. The van der Waals surface area contributed by atoms with Gasteiger partial charge in [-0.15, -0.1) is 36.2 Å². The van der Waals surface area contributed by atoms with E-state index in [1.807, 2.05) is 5.38 Å². The van der Waals surface area contributed by atoms with Gasteiger partial charge in [0.25, 0.3) is 0 Å². The highest BCUT2D eigenvalue weighted by Crippen LogP contribution is 2.31. The van der Waals surface area contributed by atoms with Gasteiger partial charge in [0.1, 0.15) is 0 Å². The average molecular weight is 354 g/mol. The van der Waals surface area contributed by atoms with E-state index in [4.69, 9.17) is 5.73 Å². The maximum Gasteiger partial charge on any atom is 0.226 e. The summed E-state index contributed by atoms with van der Waals surface area (Å²) in [6, 6.07) is 0.115. The van der Waals surface area contributed by atoms with Crippen LogP contribution in [0.2, 0.25) is 0 Å². The molecule has 2 rings (SSSR count). The number of carbonyl (C=O) groups is 1. The minimum Gasteiger partial charge on any atom is -0.354 e. The number of halogens is 2. The summed E-state index contributed by atoms with van der Waals surface area (Å²) in [5.41, 5.74) is 6.86. The van der Waals surface area contributed by atoms with Crippen molar-refractivity contribution in [3.8, 4) is 0 Å². The molecule has 0 radical (unpaired) electrons. The lowest BCUT2D eigenvalue weighted by atomic mass is 9.98. The Bertz CT molecular complexity index is 455. The maximum absolute atomic E-state index is 11.8. The van der Waals surface area contributed by atoms with E-state index in [1.54, 1.807) is 11.3 Å². The molecule has 1 aromatic heterocycles. The van der Waals surface area contributed by atoms with Gasteiger partial charge in [-0.1, -0.05) is 20.8 Å². The van der Waals surface area contributed by atoms with E-state index < -0.39 is 0 Å². The van der Waals surface area contributed by atoms with Crippen molar-refractivity contribution >= 4 is 42.1 Å². The zero-order valence-electron chi connectivity index (χ0n) is 12.7. The average Bonchev–Trinajstić information content (AvgIpc) is 3.05. The lowest BCUT2D eigenvalue weighted by Gasteiger charge is -2.13. The molecule has 1 amide bonds. The second-order valence-corrected chi connectivity index (χ2v) is 7.23. The van der Waals surface area contributed by atoms with Crippen LogP contribution in [0.15, 0.2) is 5.38 Å². The highest BCUT2D eigenvalue weighted by atomic mass is 35.5. The van der Waals surface area contributed by atoms with Gasteiger partial charge in [-0.05, 0) is 18.8 Å². The van der Waals surface area contributed by atoms with Gasteiger partial charge in [0.2, 0.25) is 5.91 Å². The Morgan fingerprint density at radius 1 is 1.48 bits per heavy atom. The molecule has 1 aliphatic carbocycles. The number of nitrogens with one attached hydrogen (secondary N) is 1. The first-order valence-corrected chi connectivity index (χ1v) is 7.71. The summed E-state index contributed by atoms with van der Waals surface area (Å²) >= 11 is 1.62. The summed E-state index contributed by atoms with van der Waals surface area (Å²) in [6.45, 7) is 6.97. The van der Waals surface area contributed by atoms with Gasteiger partial charge in [-0.3, -0.25) is 4.79 Å². The van der Waals surface area contributed by atoms with E-state index in [-0.39, 0.29) is 42.2 Å². The Labute approximate surface area is 143 Å². The van der Waals surface area contributed by atoms with Crippen molar-refractivity contribution in [3.05, 3.63) is 16.1 Å². The minimum atomic E-state index is 0. The maximum atomic E-state index is 11.8. The normalized spacial score (nSPS) is 15.6. The number of aromatic nitrogens is 1. The number of carbonyl (C=O) groups excluding carboxylic acids is 1. The van der Waals surface area contributed by atoms with Gasteiger partial charge in [0.05, 0.1) is 17.1 Å². The predicted octanol–water partition coefficient (Wildman–Crippen LogP) is 2.68. The molecule has 1 atom stereocenters. The standard InChI is InChI=1S/C14H23N3OS.2ClH/c1-14(2,3)13-17-10(8-19-13)6-12(18)16-7-11(15)9-4-5-9;;/h8-9,11H,4-7,15H2,1-3H3,(H,16,18);2*1H. The summed E-state index contributed by atoms with van der Waals surface area (Å²) in [7, 11) is 0.